The zero-order chi connectivity index (χ0) is 22.5. The minimum atomic E-state index is -1.45. The van der Waals surface area contributed by atoms with Crippen molar-refractivity contribution in [3.63, 3.8) is 0 Å². The van der Waals surface area contributed by atoms with Gasteiger partial charge in [-0.3, -0.25) is 9.52 Å². The standard InChI is InChI=1S/C23H24ClN3O3S/c1-15-11-17(12-16(2)23(15)24)30-10-6-8-19-18-7-4-5-9-20(18)27(21(19)13-25)14-22(28)26-31(3)29/h4-5,7,9,11-12H,6,8,10,14H2,1-3H3,(H,26,28). The summed E-state index contributed by atoms with van der Waals surface area (Å²) in [6, 6.07) is 13.7. The number of nitrogens with zero attached hydrogens (tertiary/aromatic N) is 2. The van der Waals surface area contributed by atoms with Crippen LogP contribution in [0.3, 0.4) is 0 Å². The Bertz CT molecular complexity index is 1170. The molecule has 1 amide bonds. The lowest BCUT2D eigenvalue weighted by molar-refractivity contribution is -0.119. The summed E-state index contributed by atoms with van der Waals surface area (Å²) < 4.78 is 21.3. The molecule has 1 unspecified atom stereocenters. The number of aryl methyl sites for hydroxylation is 3. The summed E-state index contributed by atoms with van der Waals surface area (Å²) in [6.45, 7) is 4.31. The fourth-order valence-corrected chi connectivity index (χ4v) is 4.18. The van der Waals surface area contributed by atoms with Crippen molar-refractivity contribution < 1.29 is 13.7 Å². The van der Waals surface area contributed by atoms with Gasteiger partial charge in [0, 0.05) is 22.2 Å². The first-order valence-electron chi connectivity index (χ1n) is 9.84. The molecule has 31 heavy (non-hydrogen) atoms. The molecule has 2 aromatic carbocycles. The van der Waals surface area contributed by atoms with Gasteiger partial charge in [0.25, 0.3) is 5.91 Å². The van der Waals surface area contributed by atoms with Gasteiger partial charge in [-0.25, -0.2) is 4.21 Å². The topological polar surface area (TPSA) is 84.1 Å². The maximum Gasteiger partial charge on any atom is 0.251 e. The quantitative estimate of drug-likeness (QED) is 0.513. The molecule has 162 valence electrons. The third-order valence-corrected chi connectivity index (χ3v) is 6.10. The number of carbonyl (C=O) groups excluding carboxylic acids is 1. The average molecular weight is 458 g/mol. The van der Waals surface area contributed by atoms with Crippen LogP contribution in [0.15, 0.2) is 36.4 Å². The highest BCUT2D eigenvalue weighted by atomic mass is 35.5. The third-order valence-electron chi connectivity index (χ3n) is 4.99. The Hall–Kier alpha value is -2.82. The number of ether oxygens (including phenoxy) is 1. The molecular weight excluding hydrogens is 434 g/mol. The number of nitrogens with one attached hydrogen (secondary N) is 1. The number of rotatable bonds is 8. The molecule has 1 aromatic heterocycles. The Labute approximate surface area is 189 Å². The van der Waals surface area contributed by atoms with E-state index >= 15 is 0 Å². The van der Waals surface area contributed by atoms with Crippen LogP contribution in [0.25, 0.3) is 10.9 Å². The van der Waals surface area contributed by atoms with Gasteiger partial charge in [0.1, 0.15) is 35.0 Å². The van der Waals surface area contributed by atoms with Crippen molar-refractivity contribution in [1.29, 1.82) is 5.26 Å². The van der Waals surface area contributed by atoms with Crippen molar-refractivity contribution in [2.24, 2.45) is 0 Å². The SMILES string of the molecule is Cc1cc(OCCCc2c(C#N)n(CC(=O)NS(C)=O)c3ccccc23)cc(C)c1Cl. The summed E-state index contributed by atoms with van der Waals surface area (Å²) in [5, 5.41) is 11.5. The summed E-state index contributed by atoms with van der Waals surface area (Å²) >= 11 is 6.21. The van der Waals surface area contributed by atoms with Crippen LogP contribution in [0, 0.1) is 25.2 Å². The van der Waals surface area contributed by atoms with E-state index in [4.69, 9.17) is 16.3 Å². The number of nitriles is 1. The van der Waals surface area contributed by atoms with Gasteiger partial charge < -0.3 is 9.30 Å². The van der Waals surface area contributed by atoms with Gasteiger partial charge in [0.15, 0.2) is 0 Å². The number of amides is 1. The molecule has 0 fully saturated rings. The minimum Gasteiger partial charge on any atom is -0.494 e. The zero-order valence-electron chi connectivity index (χ0n) is 17.7. The molecule has 8 heteroatoms. The molecule has 0 spiro atoms. The smallest absolute Gasteiger partial charge is 0.251 e. The van der Waals surface area contributed by atoms with Crippen molar-refractivity contribution >= 4 is 39.4 Å². The second-order valence-corrected chi connectivity index (χ2v) is 8.84. The average Bonchev–Trinajstić information content (AvgIpc) is 3.01. The van der Waals surface area contributed by atoms with Crippen LogP contribution >= 0.6 is 11.6 Å². The normalized spacial score (nSPS) is 11.8. The number of hydrogen-bond acceptors (Lipinski definition) is 4. The Morgan fingerprint density at radius 1 is 1.26 bits per heavy atom. The van der Waals surface area contributed by atoms with Crippen LogP contribution in [0.5, 0.6) is 5.75 Å². The number of fused-ring (bicyclic) bond motifs is 1. The number of aromatic nitrogens is 1. The van der Waals surface area contributed by atoms with Crippen LogP contribution in [0.4, 0.5) is 0 Å². The fourth-order valence-electron chi connectivity index (χ4n) is 3.68. The molecule has 1 N–H and O–H groups in total. The van der Waals surface area contributed by atoms with Gasteiger partial charge in [0.05, 0.1) is 6.61 Å². The Morgan fingerprint density at radius 2 is 1.94 bits per heavy atom. The van der Waals surface area contributed by atoms with E-state index in [0.717, 1.165) is 38.4 Å². The van der Waals surface area contributed by atoms with E-state index in [1.54, 1.807) is 4.57 Å². The Balaban J connectivity index is 1.78. The largest absolute Gasteiger partial charge is 0.494 e. The summed E-state index contributed by atoms with van der Waals surface area (Å²) in [5.74, 6) is 0.369. The lowest BCUT2D eigenvalue weighted by Gasteiger charge is -2.10. The first kappa shape index (κ1) is 22.9. The van der Waals surface area contributed by atoms with Crippen molar-refractivity contribution in [1.82, 2.24) is 9.29 Å². The molecule has 0 radical (unpaired) electrons. The molecular formula is C23H24ClN3O3S. The van der Waals surface area contributed by atoms with Gasteiger partial charge >= 0.3 is 0 Å². The fraction of sp³-hybridized carbons (Fsp3) is 0.304. The maximum atomic E-state index is 12.2. The van der Waals surface area contributed by atoms with Gasteiger partial charge in [-0.15, -0.1) is 0 Å². The molecule has 3 aromatic rings. The van der Waals surface area contributed by atoms with Crippen molar-refractivity contribution in [3.8, 4) is 11.8 Å². The lowest BCUT2D eigenvalue weighted by atomic mass is 10.1. The van der Waals surface area contributed by atoms with Crippen LogP contribution in [0.2, 0.25) is 5.02 Å². The van der Waals surface area contributed by atoms with E-state index < -0.39 is 16.9 Å². The highest BCUT2D eigenvalue weighted by molar-refractivity contribution is 7.82. The molecule has 0 bridgehead atoms. The molecule has 0 saturated carbocycles. The predicted molar refractivity (Wildman–Crippen MR) is 124 cm³/mol. The summed E-state index contributed by atoms with van der Waals surface area (Å²) in [6.07, 6.45) is 2.73. The van der Waals surface area contributed by atoms with Crippen LogP contribution in [0.1, 0.15) is 28.8 Å². The van der Waals surface area contributed by atoms with Crippen molar-refractivity contribution in [2.45, 2.75) is 33.2 Å². The highest BCUT2D eigenvalue weighted by Crippen LogP contribution is 2.28. The third kappa shape index (κ3) is 5.27. The van der Waals surface area contributed by atoms with E-state index in [1.165, 1.54) is 6.26 Å². The maximum absolute atomic E-state index is 12.2. The van der Waals surface area contributed by atoms with Gasteiger partial charge in [-0.2, -0.15) is 5.26 Å². The Kier molecular flexibility index (Phi) is 7.37. The number of halogens is 1. The number of hydrogen-bond donors (Lipinski definition) is 1. The highest BCUT2D eigenvalue weighted by Gasteiger charge is 2.18. The number of carbonyl (C=O) groups is 1. The molecule has 0 aliphatic carbocycles. The van der Waals surface area contributed by atoms with Crippen LogP contribution in [-0.2, 0) is 28.7 Å². The first-order valence-corrected chi connectivity index (χ1v) is 11.8. The van der Waals surface area contributed by atoms with Gasteiger partial charge in [0.2, 0.25) is 0 Å². The van der Waals surface area contributed by atoms with E-state index in [2.05, 4.69) is 10.8 Å². The summed E-state index contributed by atoms with van der Waals surface area (Å²) in [7, 11) is -1.45. The minimum absolute atomic E-state index is 0.0667. The first-order chi connectivity index (χ1) is 14.8. The molecule has 0 saturated heterocycles. The number of benzene rings is 2. The summed E-state index contributed by atoms with van der Waals surface area (Å²) in [4.78, 5) is 12.2. The van der Waals surface area contributed by atoms with Crippen molar-refractivity contribution in [3.05, 3.63) is 63.8 Å². The molecule has 0 aliphatic heterocycles. The van der Waals surface area contributed by atoms with Crippen LogP contribution < -0.4 is 9.46 Å². The Morgan fingerprint density at radius 3 is 2.58 bits per heavy atom. The van der Waals surface area contributed by atoms with Gasteiger partial charge in [-0.1, -0.05) is 29.8 Å². The van der Waals surface area contributed by atoms with E-state index in [1.807, 2.05) is 50.2 Å². The predicted octanol–water partition coefficient (Wildman–Crippen LogP) is 4.20. The van der Waals surface area contributed by atoms with Crippen LogP contribution in [-0.4, -0.2) is 27.5 Å². The molecule has 0 aliphatic rings. The zero-order valence-corrected chi connectivity index (χ0v) is 19.3. The van der Waals surface area contributed by atoms with Gasteiger partial charge in [-0.05, 0) is 61.6 Å². The molecule has 1 atom stereocenters. The molecule has 6 nitrogen and oxygen atoms in total. The van der Waals surface area contributed by atoms with E-state index in [0.29, 0.717) is 25.1 Å². The molecule has 3 rings (SSSR count). The lowest BCUT2D eigenvalue weighted by Crippen LogP contribution is -2.29. The number of para-hydroxylation sites is 1. The summed E-state index contributed by atoms with van der Waals surface area (Å²) in [5.41, 5.74) is 4.07. The van der Waals surface area contributed by atoms with E-state index in [9.17, 15) is 14.3 Å². The van der Waals surface area contributed by atoms with Crippen molar-refractivity contribution in [2.75, 3.05) is 12.9 Å². The molecule has 1 heterocycles. The second kappa shape index (κ2) is 9.99. The second-order valence-electron chi connectivity index (χ2n) is 7.34. The monoisotopic (exact) mass is 457 g/mol. The van der Waals surface area contributed by atoms with E-state index in [-0.39, 0.29) is 6.54 Å².